The molecule has 72 valence electrons. The van der Waals surface area contributed by atoms with Gasteiger partial charge in [0.25, 0.3) is 0 Å². The van der Waals surface area contributed by atoms with Crippen molar-refractivity contribution >= 4 is 0 Å². The van der Waals surface area contributed by atoms with Crippen molar-refractivity contribution in [2.24, 2.45) is 17.1 Å². The summed E-state index contributed by atoms with van der Waals surface area (Å²) in [4.78, 5) is 0. The van der Waals surface area contributed by atoms with Gasteiger partial charge < -0.3 is 15.6 Å². The molecule has 1 rings (SSSR count). The van der Waals surface area contributed by atoms with Crippen LogP contribution < -0.4 is 5.73 Å². The molecule has 1 heterocycles. The highest BCUT2D eigenvalue weighted by molar-refractivity contribution is 4.85. The molecule has 1 aliphatic rings. The predicted molar refractivity (Wildman–Crippen MR) is 47.8 cm³/mol. The minimum Gasteiger partial charge on any atom is -0.392 e. The molecular weight excluding hydrogens is 154 g/mol. The van der Waals surface area contributed by atoms with Crippen LogP contribution >= 0.6 is 0 Å². The van der Waals surface area contributed by atoms with Crippen LogP contribution in [0.15, 0.2) is 0 Å². The van der Waals surface area contributed by atoms with Gasteiger partial charge in [0, 0.05) is 17.9 Å². The maximum absolute atomic E-state index is 9.92. The third kappa shape index (κ3) is 1.97. The van der Waals surface area contributed by atoms with E-state index in [9.17, 15) is 5.11 Å². The van der Waals surface area contributed by atoms with Crippen molar-refractivity contribution in [3.8, 4) is 0 Å². The zero-order valence-electron chi connectivity index (χ0n) is 7.92. The highest BCUT2D eigenvalue weighted by atomic mass is 16.5. The summed E-state index contributed by atoms with van der Waals surface area (Å²) in [5.74, 6) is 0.281. The van der Waals surface area contributed by atoms with E-state index in [-0.39, 0.29) is 17.4 Å². The molecule has 0 aromatic rings. The van der Waals surface area contributed by atoms with Crippen molar-refractivity contribution in [3.05, 3.63) is 0 Å². The number of aliphatic hydroxyl groups excluding tert-OH is 1. The van der Waals surface area contributed by atoms with Crippen LogP contribution in [0.2, 0.25) is 0 Å². The van der Waals surface area contributed by atoms with E-state index in [4.69, 9.17) is 10.5 Å². The van der Waals surface area contributed by atoms with Crippen molar-refractivity contribution in [1.29, 1.82) is 0 Å². The first-order chi connectivity index (χ1) is 5.58. The normalized spacial score (nSPS) is 27.5. The molecule has 1 aliphatic heterocycles. The lowest BCUT2D eigenvalue weighted by Crippen LogP contribution is -2.41. The number of hydrogen-bond donors (Lipinski definition) is 2. The van der Waals surface area contributed by atoms with E-state index in [2.05, 4.69) is 0 Å². The molecule has 0 aromatic heterocycles. The minimum absolute atomic E-state index is 0.182. The van der Waals surface area contributed by atoms with Crippen LogP contribution in [-0.2, 0) is 4.74 Å². The summed E-state index contributed by atoms with van der Waals surface area (Å²) < 4.78 is 5.22. The predicted octanol–water partition coefficient (Wildman–Crippen LogP) is 0.369. The highest BCUT2D eigenvalue weighted by Crippen LogP contribution is 2.29. The molecule has 2 atom stereocenters. The van der Waals surface area contributed by atoms with Gasteiger partial charge in [0.15, 0.2) is 0 Å². The Morgan fingerprint density at radius 3 is 2.75 bits per heavy atom. The van der Waals surface area contributed by atoms with Crippen LogP contribution in [0.1, 0.15) is 20.3 Å². The summed E-state index contributed by atoms with van der Waals surface area (Å²) in [7, 11) is 0. The smallest absolute Gasteiger partial charge is 0.0654 e. The number of ether oxygens (including phenoxy) is 1. The van der Waals surface area contributed by atoms with Crippen molar-refractivity contribution in [3.63, 3.8) is 0 Å². The van der Waals surface area contributed by atoms with Crippen molar-refractivity contribution in [1.82, 2.24) is 0 Å². The second-order valence-corrected chi connectivity index (χ2v) is 4.26. The van der Waals surface area contributed by atoms with Gasteiger partial charge in [0.05, 0.1) is 12.7 Å². The zero-order chi connectivity index (χ0) is 9.19. The van der Waals surface area contributed by atoms with E-state index in [1.807, 2.05) is 13.8 Å². The molecule has 0 saturated carbocycles. The molecule has 0 radical (unpaired) electrons. The fraction of sp³-hybridized carbons (Fsp3) is 1.00. The Balaban J connectivity index is 2.50. The van der Waals surface area contributed by atoms with Gasteiger partial charge >= 0.3 is 0 Å². The second-order valence-electron chi connectivity index (χ2n) is 4.26. The number of aliphatic hydroxyl groups is 1. The third-order valence-corrected chi connectivity index (χ3v) is 2.74. The van der Waals surface area contributed by atoms with Gasteiger partial charge in [0.1, 0.15) is 0 Å². The molecular formula is C9H19NO2. The number of hydrogen-bond acceptors (Lipinski definition) is 3. The van der Waals surface area contributed by atoms with Gasteiger partial charge in [-0.05, 0) is 13.0 Å². The first kappa shape index (κ1) is 9.96. The Labute approximate surface area is 73.9 Å². The van der Waals surface area contributed by atoms with Crippen LogP contribution in [0, 0.1) is 11.3 Å². The Kier molecular flexibility index (Phi) is 3.09. The summed E-state index contributed by atoms with van der Waals surface area (Å²) in [6.45, 7) is 5.98. The summed E-state index contributed by atoms with van der Waals surface area (Å²) in [6, 6.07) is 0. The van der Waals surface area contributed by atoms with Gasteiger partial charge in [0.2, 0.25) is 0 Å². The maximum atomic E-state index is 9.92. The maximum Gasteiger partial charge on any atom is 0.0654 e. The van der Waals surface area contributed by atoms with Gasteiger partial charge in [-0.3, -0.25) is 0 Å². The van der Waals surface area contributed by atoms with Crippen molar-refractivity contribution in [2.75, 3.05) is 19.8 Å². The highest BCUT2D eigenvalue weighted by Gasteiger charge is 2.34. The molecule has 1 fully saturated rings. The molecule has 12 heavy (non-hydrogen) atoms. The SMILES string of the molecule is CC(C)(CN)C(O)C1CCOC1. The lowest BCUT2D eigenvalue weighted by Gasteiger charge is -2.32. The molecule has 0 spiro atoms. The van der Waals surface area contributed by atoms with Crippen molar-refractivity contribution in [2.45, 2.75) is 26.4 Å². The average molecular weight is 173 g/mol. The van der Waals surface area contributed by atoms with Gasteiger partial charge in [-0.2, -0.15) is 0 Å². The molecule has 0 bridgehead atoms. The van der Waals surface area contributed by atoms with Gasteiger partial charge in [-0.1, -0.05) is 13.8 Å². The van der Waals surface area contributed by atoms with E-state index >= 15 is 0 Å². The first-order valence-corrected chi connectivity index (χ1v) is 4.54. The topological polar surface area (TPSA) is 55.5 Å². The fourth-order valence-corrected chi connectivity index (χ4v) is 1.56. The molecule has 3 N–H and O–H groups in total. The van der Waals surface area contributed by atoms with Crippen LogP contribution in [0.3, 0.4) is 0 Å². The minimum atomic E-state index is -0.329. The van der Waals surface area contributed by atoms with E-state index in [0.29, 0.717) is 13.2 Å². The van der Waals surface area contributed by atoms with Crippen LogP contribution in [0.5, 0.6) is 0 Å². The number of nitrogens with two attached hydrogens (primary N) is 1. The summed E-state index contributed by atoms with van der Waals surface area (Å²) in [5, 5.41) is 9.92. The van der Waals surface area contributed by atoms with E-state index < -0.39 is 0 Å². The monoisotopic (exact) mass is 173 g/mol. The quantitative estimate of drug-likeness (QED) is 0.648. The molecule has 0 aliphatic carbocycles. The Bertz CT molecular complexity index is 141. The average Bonchev–Trinajstić information content (AvgIpc) is 2.55. The Hall–Kier alpha value is -0.120. The Morgan fingerprint density at radius 1 is 1.67 bits per heavy atom. The molecule has 1 saturated heterocycles. The first-order valence-electron chi connectivity index (χ1n) is 4.54. The van der Waals surface area contributed by atoms with Gasteiger partial charge in [-0.25, -0.2) is 0 Å². The van der Waals surface area contributed by atoms with E-state index in [0.717, 1.165) is 13.0 Å². The lowest BCUT2D eigenvalue weighted by atomic mass is 9.79. The largest absolute Gasteiger partial charge is 0.392 e. The zero-order valence-corrected chi connectivity index (χ0v) is 7.92. The Morgan fingerprint density at radius 2 is 2.33 bits per heavy atom. The number of rotatable bonds is 3. The molecule has 3 heteroatoms. The molecule has 0 aromatic carbocycles. The van der Waals surface area contributed by atoms with Crippen LogP contribution in [0.4, 0.5) is 0 Å². The van der Waals surface area contributed by atoms with Gasteiger partial charge in [-0.15, -0.1) is 0 Å². The fourth-order valence-electron chi connectivity index (χ4n) is 1.56. The second kappa shape index (κ2) is 3.73. The van der Waals surface area contributed by atoms with Crippen LogP contribution in [-0.4, -0.2) is 31.0 Å². The van der Waals surface area contributed by atoms with E-state index in [1.54, 1.807) is 0 Å². The molecule has 0 amide bonds. The van der Waals surface area contributed by atoms with Crippen LogP contribution in [0.25, 0.3) is 0 Å². The van der Waals surface area contributed by atoms with Crippen molar-refractivity contribution < 1.29 is 9.84 Å². The summed E-state index contributed by atoms with van der Waals surface area (Å²) >= 11 is 0. The molecule has 2 unspecified atom stereocenters. The summed E-state index contributed by atoms with van der Waals surface area (Å²) in [5.41, 5.74) is 5.39. The summed E-state index contributed by atoms with van der Waals surface area (Å²) in [6.07, 6.45) is 0.634. The lowest BCUT2D eigenvalue weighted by molar-refractivity contribution is 0.00264. The third-order valence-electron chi connectivity index (χ3n) is 2.74. The standard InChI is InChI=1S/C9H19NO2/c1-9(2,6-10)8(11)7-3-4-12-5-7/h7-8,11H,3-6,10H2,1-2H3. The van der Waals surface area contributed by atoms with E-state index in [1.165, 1.54) is 0 Å². The molecule has 3 nitrogen and oxygen atoms in total.